The van der Waals surface area contributed by atoms with Crippen LogP contribution < -0.4 is 5.32 Å². The summed E-state index contributed by atoms with van der Waals surface area (Å²) in [6.07, 6.45) is 10.7. The van der Waals surface area contributed by atoms with Gasteiger partial charge in [-0.3, -0.25) is 19.6 Å². The zero-order valence-electron chi connectivity index (χ0n) is 17.6. The lowest BCUT2D eigenvalue weighted by Gasteiger charge is -2.42. The van der Waals surface area contributed by atoms with Crippen molar-refractivity contribution in [1.29, 1.82) is 0 Å². The van der Waals surface area contributed by atoms with E-state index in [9.17, 15) is 4.79 Å². The summed E-state index contributed by atoms with van der Waals surface area (Å²) in [5, 5.41) is 3.42. The Kier molecular flexibility index (Phi) is 6.02. The van der Waals surface area contributed by atoms with Crippen LogP contribution in [0, 0.1) is 11.8 Å². The van der Waals surface area contributed by atoms with Crippen molar-refractivity contribution in [3.05, 3.63) is 30.1 Å². The van der Waals surface area contributed by atoms with Gasteiger partial charge in [-0.2, -0.15) is 0 Å². The molecule has 4 rings (SSSR count). The summed E-state index contributed by atoms with van der Waals surface area (Å²) < 4.78 is 0. The SMILES string of the molecule is CC(C)C1(NC(=O)C2CCCN(C3CCN(Cc4ccncc4)CC3)C2)CC1. The Hall–Kier alpha value is -1.46. The number of pyridine rings is 1. The maximum Gasteiger partial charge on any atom is 0.224 e. The third kappa shape index (κ3) is 4.57. The third-order valence-electron chi connectivity index (χ3n) is 7.32. The molecule has 2 aliphatic heterocycles. The second kappa shape index (κ2) is 8.50. The van der Waals surface area contributed by atoms with Crippen molar-refractivity contribution in [1.82, 2.24) is 20.1 Å². The largest absolute Gasteiger partial charge is 0.350 e. The first kappa shape index (κ1) is 19.8. The van der Waals surface area contributed by atoms with Gasteiger partial charge in [-0.25, -0.2) is 0 Å². The molecular formula is C23H36N4O. The van der Waals surface area contributed by atoms with E-state index in [1.807, 2.05) is 12.4 Å². The highest BCUT2D eigenvalue weighted by Crippen LogP contribution is 2.42. The first-order valence-electron chi connectivity index (χ1n) is 11.2. The number of rotatable bonds is 6. The molecule has 28 heavy (non-hydrogen) atoms. The van der Waals surface area contributed by atoms with E-state index in [0.717, 1.165) is 58.4 Å². The van der Waals surface area contributed by atoms with E-state index in [4.69, 9.17) is 0 Å². The fraction of sp³-hybridized carbons (Fsp3) is 0.739. The second-order valence-corrected chi connectivity index (χ2v) is 9.50. The number of nitrogens with one attached hydrogen (secondary N) is 1. The molecule has 3 aliphatic rings. The van der Waals surface area contributed by atoms with E-state index < -0.39 is 0 Å². The maximum atomic E-state index is 12.9. The van der Waals surface area contributed by atoms with Gasteiger partial charge < -0.3 is 5.32 Å². The molecule has 0 radical (unpaired) electrons. The highest BCUT2D eigenvalue weighted by molar-refractivity contribution is 5.80. The minimum atomic E-state index is 0.109. The summed E-state index contributed by atoms with van der Waals surface area (Å²) in [6.45, 7) is 9.91. The van der Waals surface area contributed by atoms with Crippen molar-refractivity contribution in [3.63, 3.8) is 0 Å². The van der Waals surface area contributed by atoms with Crippen molar-refractivity contribution < 1.29 is 4.79 Å². The fourth-order valence-corrected chi connectivity index (χ4v) is 5.07. The van der Waals surface area contributed by atoms with Crippen LogP contribution in [0.3, 0.4) is 0 Å². The molecule has 1 saturated carbocycles. The van der Waals surface area contributed by atoms with Gasteiger partial charge in [0, 0.05) is 37.1 Å². The van der Waals surface area contributed by atoms with Crippen LogP contribution >= 0.6 is 0 Å². The molecule has 1 aromatic rings. The molecule has 1 aliphatic carbocycles. The zero-order chi connectivity index (χ0) is 19.6. The Morgan fingerprint density at radius 1 is 1.18 bits per heavy atom. The van der Waals surface area contributed by atoms with E-state index in [1.165, 1.54) is 18.4 Å². The van der Waals surface area contributed by atoms with Gasteiger partial charge in [0.15, 0.2) is 0 Å². The number of amides is 1. The van der Waals surface area contributed by atoms with Crippen molar-refractivity contribution in [2.24, 2.45) is 11.8 Å². The van der Waals surface area contributed by atoms with Gasteiger partial charge in [-0.05, 0) is 81.8 Å². The molecule has 1 N–H and O–H groups in total. The summed E-state index contributed by atoms with van der Waals surface area (Å²) >= 11 is 0. The quantitative estimate of drug-likeness (QED) is 0.819. The molecule has 1 atom stereocenters. The van der Waals surface area contributed by atoms with Crippen LogP contribution in [0.2, 0.25) is 0 Å². The average Bonchev–Trinajstić information content (AvgIpc) is 3.50. The van der Waals surface area contributed by atoms with Crippen molar-refractivity contribution in [2.75, 3.05) is 26.2 Å². The number of piperidine rings is 2. The minimum absolute atomic E-state index is 0.109. The predicted octanol–water partition coefficient (Wildman–Crippen LogP) is 3.06. The molecule has 2 saturated heterocycles. The van der Waals surface area contributed by atoms with Gasteiger partial charge >= 0.3 is 0 Å². The Morgan fingerprint density at radius 2 is 1.89 bits per heavy atom. The number of carbonyl (C=O) groups is 1. The number of aromatic nitrogens is 1. The summed E-state index contributed by atoms with van der Waals surface area (Å²) in [7, 11) is 0. The standard InChI is InChI=1S/C23H36N4O/c1-18(2)23(9-10-23)25-22(28)20-4-3-13-27(17-20)21-7-14-26(15-8-21)16-19-5-11-24-12-6-19/h5-6,11-12,18,20-21H,3-4,7-10,13-17H2,1-2H3,(H,25,28). The predicted molar refractivity (Wildman–Crippen MR) is 112 cm³/mol. The van der Waals surface area contributed by atoms with E-state index >= 15 is 0 Å². The Balaban J connectivity index is 1.25. The lowest BCUT2D eigenvalue weighted by molar-refractivity contribution is -0.128. The molecule has 5 nitrogen and oxygen atoms in total. The van der Waals surface area contributed by atoms with Crippen molar-refractivity contribution in [2.45, 2.75) is 70.5 Å². The van der Waals surface area contributed by atoms with E-state index in [2.05, 4.69) is 46.1 Å². The fourth-order valence-electron chi connectivity index (χ4n) is 5.07. The lowest BCUT2D eigenvalue weighted by atomic mass is 9.92. The van der Waals surface area contributed by atoms with Crippen LogP contribution in [0.1, 0.15) is 57.9 Å². The minimum Gasteiger partial charge on any atom is -0.350 e. The number of likely N-dealkylation sites (tertiary alicyclic amines) is 2. The van der Waals surface area contributed by atoms with Crippen molar-refractivity contribution in [3.8, 4) is 0 Å². The molecule has 1 aromatic heterocycles. The summed E-state index contributed by atoms with van der Waals surface area (Å²) in [5.74, 6) is 1.03. The molecule has 1 unspecified atom stereocenters. The molecule has 0 bridgehead atoms. The number of nitrogens with zero attached hydrogens (tertiary/aromatic N) is 3. The zero-order valence-corrected chi connectivity index (χ0v) is 17.6. The van der Waals surface area contributed by atoms with Gasteiger partial charge in [0.1, 0.15) is 0 Å². The number of hydrogen-bond acceptors (Lipinski definition) is 4. The first-order valence-corrected chi connectivity index (χ1v) is 11.2. The van der Waals surface area contributed by atoms with Crippen molar-refractivity contribution >= 4 is 5.91 Å². The Morgan fingerprint density at radius 3 is 2.54 bits per heavy atom. The van der Waals surface area contributed by atoms with Crippen LogP contribution in [0.5, 0.6) is 0 Å². The van der Waals surface area contributed by atoms with E-state index in [0.29, 0.717) is 17.9 Å². The molecule has 3 heterocycles. The summed E-state index contributed by atoms with van der Waals surface area (Å²) in [4.78, 5) is 22.2. The summed E-state index contributed by atoms with van der Waals surface area (Å²) in [5.41, 5.74) is 1.46. The van der Waals surface area contributed by atoms with Gasteiger partial charge in [0.05, 0.1) is 5.92 Å². The molecule has 0 aromatic carbocycles. The molecule has 3 fully saturated rings. The van der Waals surface area contributed by atoms with Gasteiger partial charge in [-0.1, -0.05) is 13.8 Å². The normalized spacial score (nSPS) is 26.3. The van der Waals surface area contributed by atoms with Crippen LogP contribution in [0.4, 0.5) is 0 Å². The van der Waals surface area contributed by atoms with E-state index in [-0.39, 0.29) is 11.5 Å². The Bertz CT molecular complexity index is 650. The third-order valence-corrected chi connectivity index (χ3v) is 7.32. The Labute approximate surface area is 169 Å². The monoisotopic (exact) mass is 384 g/mol. The van der Waals surface area contributed by atoms with Gasteiger partial charge in [-0.15, -0.1) is 0 Å². The highest BCUT2D eigenvalue weighted by atomic mass is 16.2. The van der Waals surface area contributed by atoms with Crippen LogP contribution in [-0.4, -0.2) is 58.5 Å². The highest BCUT2D eigenvalue weighted by Gasteiger charge is 2.47. The smallest absolute Gasteiger partial charge is 0.224 e. The average molecular weight is 385 g/mol. The molecule has 154 valence electrons. The molecular weight excluding hydrogens is 348 g/mol. The van der Waals surface area contributed by atoms with E-state index in [1.54, 1.807) is 0 Å². The van der Waals surface area contributed by atoms with Crippen LogP contribution in [0.15, 0.2) is 24.5 Å². The van der Waals surface area contributed by atoms with Crippen LogP contribution in [-0.2, 0) is 11.3 Å². The number of carbonyl (C=O) groups excluding carboxylic acids is 1. The lowest BCUT2D eigenvalue weighted by Crippen LogP contribution is -2.52. The van der Waals surface area contributed by atoms with Gasteiger partial charge in [0.25, 0.3) is 0 Å². The summed E-state index contributed by atoms with van der Waals surface area (Å²) in [6, 6.07) is 4.87. The van der Waals surface area contributed by atoms with Gasteiger partial charge in [0.2, 0.25) is 5.91 Å². The van der Waals surface area contributed by atoms with Crippen LogP contribution in [0.25, 0.3) is 0 Å². The topological polar surface area (TPSA) is 48.5 Å². The maximum absolute atomic E-state index is 12.9. The number of hydrogen-bond donors (Lipinski definition) is 1. The first-order chi connectivity index (χ1) is 13.6. The molecule has 5 heteroatoms. The molecule has 0 spiro atoms. The molecule has 1 amide bonds. The second-order valence-electron chi connectivity index (χ2n) is 9.50.